The minimum Gasteiger partial charge on any atom is -0.295 e. The molecule has 0 aliphatic heterocycles. The topological polar surface area (TPSA) is 71.5 Å². The van der Waals surface area contributed by atoms with Gasteiger partial charge in [0.05, 0.1) is 0 Å². The lowest BCUT2D eigenvalue weighted by Crippen LogP contribution is -1.92. The Morgan fingerprint density at radius 2 is 2.29 bits per heavy atom. The maximum absolute atomic E-state index is 11.1. The number of rotatable bonds is 2. The minimum absolute atomic E-state index is 0.0235. The monoisotopic (exact) mass is 188 g/mol. The second-order valence-electron chi connectivity index (χ2n) is 2.87. The van der Waals surface area contributed by atoms with E-state index in [1.165, 1.54) is 6.92 Å². The smallest absolute Gasteiger partial charge is 0.204 e. The van der Waals surface area contributed by atoms with E-state index in [0.29, 0.717) is 11.4 Å². The van der Waals surface area contributed by atoms with E-state index in [2.05, 4.69) is 20.6 Å². The van der Waals surface area contributed by atoms with E-state index in [9.17, 15) is 4.79 Å². The van der Waals surface area contributed by atoms with Crippen LogP contribution >= 0.6 is 0 Å². The molecule has 14 heavy (non-hydrogen) atoms. The number of carbonyl (C=O) groups excluding carboxylic acids is 1. The van der Waals surface area contributed by atoms with Crippen molar-refractivity contribution in [3.63, 3.8) is 0 Å². The molecular weight excluding hydrogens is 180 g/mol. The Bertz CT molecular complexity index is 450. The highest BCUT2D eigenvalue weighted by molar-refractivity contribution is 5.95. The molecule has 5 heteroatoms. The number of hydrogen-bond donors (Lipinski definition) is 1. The summed E-state index contributed by atoms with van der Waals surface area (Å²) in [4.78, 5) is 11.1. The number of Topliss-reactive ketones (excluding diaryl/α,β-unsaturated/α-hetero) is 1. The Kier molecular flexibility index (Phi) is 2.06. The van der Waals surface area contributed by atoms with E-state index in [1.54, 1.807) is 18.2 Å². The number of aromatic nitrogens is 4. The number of tetrazole rings is 1. The predicted molar refractivity (Wildman–Crippen MR) is 49.6 cm³/mol. The van der Waals surface area contributed by atoms with Gasteiger partial charge in [-0.15, -0.1) is 10.2 Å². The van der Waals surface area contributed by atoms with Crippen molar-refractivity contribution in [1.82, 2.24) is 20.6 Å². The van der Waals surface area contributed by atoms with E-state index in [0.717, 1.165) is 5.56 Å². The third kappa shape index (κ3) is 1.52. The molecule has 0 unspecified atom stereocenters. The van der Waals surface area contributed by atoms with Gasteiger partial charge in [-0.2, -0.15) is 5.21 Å². The molecular formula is C9H8N4O. The van der Waals surface area contributed by atoms with Gasteiger partial charge in [0.25, 0.3) is 0 Å². The Labute approximate surface area is 80.2 Å². The second kappa shape index (κ2) is 3.37. The molecule has 1 aromatic heterocycles. The Morgan fingerprint density at radius 1 is 1.43 bits per heavy atom. The summed E-state index contributed by atoms with van der Waals surface area (Å²) in [7, 11) is 0. The van der Waals surface area contributed by atoms with Crippen LogP contribution in [0.3, 0.4) is 0 Å². The lowest BCUT2D eigenvalue weighted by molar-refractivity contribution is 0.101. The average molecular weight is 188 g/mol. The van der Waals surface area contributed by atoms with E-state index in [-0.39, 0.29) is 5.78 Å². The van der Waals surface area contributed by atoms with Gasteiger partial charge in [-0.25, -0.2) is 0 Å². The summed E-state index contributed by atoms with van der Waals surface area (Å²) in [5.74, 6) is 0.517. The van der Waals surface area contributed by atoms with Crippen molar-refractivity contribution in [2.75, 3.05) is 0 Å². The summed E-state index contributed by atoms with van der Waals surface area (Å²) in [6, 6.07) is 7.12. The highest BCUT2D eigenvalue weighted by atomic mass is 16.1. The predicted octanol–water partition coefficient (Wildman–Crippen LogP) is 1.07. The summed E-state index contributed by atoms with van der Waals surface area (Å²) in [5.41, 5.74) is 1.43. The molecule has 1 heterocycles. The first-order valence-electron chi connectivity index (χ1n) is 4.12. The molecule has 0 radical (unpaired) electrons. The number of hydrogen-bond acceptors (Lipinski definition) is 4. The third-order valence-electron chi connectivity index (χ3n) is 1.87. The van der Waals surface area contributed by atoms with E-state index in [1.807, 2.05) is 6.07 Å². The Balaban J connectivity index is 2.46. The lowest BCUT2D eigenvalue weighted by atomic mass is 10.1. The van der Waals surface area contributed by atoms with Crippen LogP contribution in [-0.4, -0.2) is 26.4 Å². The van der Waals surface area contributed by atoms with Crippen LogP contribution in [0.4, 0.5) is 0 Å². The molecule has 0 aliphatic carbocycles. The van der Waals surface area contributed by atoms with Gasteiger partial charge >= 0.3 is 0 Å². The number of carbonyl (C=O) groups is 1. The number of ketones is 1. The summed E-state index contributed by atoms with van der Waals surface area (Å²) in [5, 5.41) is 13.5. The highest BCUT2D eigenvalue weighted by Crippen LogP contribution is 2.14. The van der Waals surface area contributed by atoms with Crippen LogP contribution in [0.1, 0.15) is 17.3 Å². The first kappa shape index (κ1) is 8.55. The number of benzene rings is 1. The normalized spacial score (nSPS) is 10.1. The van der Waals surface area contributed by atoms with Crippen LogP contribution in [0.5, 0.6) is 0 Å². The van der Waals surface area contributed by atoms with Crippen molar-refractivity contribution in [3.8, 4) is 11.4 Å². The first-order chi connectivity index (χ1) is 6.77. The van der Waals surface area contributed by atoms with E-state index >= 15 is 0 Å². The third-order valence-corrected chi connectivity index (χ3v) is 1.87. The van der Waals surface area contributed by atoms with Gasteiger partial charge in [-0.1, -0.05) is 18.2 Å². The van der Waals surface area contributed by atoms with Gasteiger partial charge in [-0.3, -0.25) is 4.79 Å². The van der Waals surface area contributed by atoms with Crippen LogP contribution in [0, 0.1) is 0 Å². The van der Waals surface area contributed by atoms with Crippen LogP contribution in [0.15, 0.2) is 24.3 Å². The lowest BCUT2D eigenvalue weighted by Gasteiger charge is -1.97. The van der Waals surface area contributed by atoms with Crippen LogP contribution in [0.2, 0.25) is 0 Å². The van der Waals surface area contributed by atoms with Gasteiger partial charge in [0.15, 0.2) is 5.78 Å². The fraction of sp³-hybridized carbons (Fsp3) is 0.111. The van der Waals surface area contributed by atoms with Crippen LogP contribution in [-0.2, 0) is 0 Å². The Morgan fingerprint density at radius 3 is 2.93 bits per heavy atom. The van der Waals surface area contributed by atoms with Gasteiger partial charge in [0, 0.05) is 11.1 Å². The van der Waals surface area contributed by atoms with Crippen LogP contribution < -0.4 is 0 Å². The van der Waals surface area contributed by atoms with Crippen molar-refractivity contribution < 1.29 is 4.79 Å². The van der Waals surface area contributed by atoms with Crippen LogP contribution in [0.25, 0.3) is 11.4 Å². The molecule has 0 aliphatic rings. The first-order valence-corrected chi connectivity index (χ1v) is 4.12. The van der Waals surface area contributed by atoms with Gasteiger partial charge in [0.2, 0.25) is 5.82 Å². The summed E-state index contributed by atoms with van der Waals surface area (Å²) < 4.78 is 0. The van der Waals surface area contributed by atoms with E-state index in [4.69, 9.17) is 0 Å². The van der Waals surface area contributed by atoms with Crippen molar-refractivity contribution >= 4 is 5.78 Å². The molecule has 70 valence electrons. The molecule has 0 spiro atoms. The van der Waals surface area contributed by atoms with E-state index < -0.39 is 0 Å². The van der Waals surface area contributed by atoms with Crippen molar-refractivity contribution in [2.24, 2.45) is 0 Å². The zero-order valence-electron chi connectivity index (χ0n) is 7.56. The van der Waals surface area contributed by atoms with Gasteiger partial charge in [-0.05, 0) is 18.2 Å². The quantitative estimate of drug-likeness (QED) is 0.715. The van der Waals surface area contributed by atoms with Gasteiger partial charge in [0.1, 0.15) is 0 Å². The number of aromatic amines is 1. The highest BCUT2D eigenvalue weighted by Gasteiger charge is 2.05. The Hall–Kier alpha value is -2.04. The van der Waals surface area contributed by atoms with Crippen molar-refractivity contribution in [1.29, 1.82) is 0 Å². The summed E-state index contributed by atoms with van der Waals surface area (Å²) >= 11 is 0. The molecule has 0 bridgehead atoms. The molecule has 0 saturated carbocycles. The maximum atomic E-state index is 11.1. The largest absolute Gasteiger partial charge is 0.295 e. The molecule has 0 saturated heterocycles. The molecule has 0 fully saturated rings. The number of nitrogens with one attached hydrogen (secondary N) is 1. The standard InChI is InChI=1S/C9H8N4O/c1-6(14)7-3-2-4-8(5-7)9-10-12-13-11-9/h2-5H,1H3,(H,10,11,12,13). The molecule has 2 aromatic rings. The fourth-order valence-electron chi connectivity index (χ4n) is 1.16. The summed E-state index contributed by atoms with van der Waals surface area (Å²) in [6.07, 6.45) is 0. The second-order valence-corrected chi connectivity index (χ2v) is 2.87. The zero-order chi connectivity index (χ0) is 9.97. The number of H-pyrrole nitrogens is 1. The average Bonchev–Trinajstić information content (AvgIpc) is 2.71. The summed E-state index contributed by atoms with van der Waals surface area (Å²) in [6.45, 7) is 1.52. The number of nitrogens with zero attached hydrogens (tertiary/aromatic N) is 3. The van der Waals surface area contributed by atoms with Crippen molar-refractivity contribution in [2.45, 2.75) is 6.92 Å². The van der Waals surface area contributed by atoms with Crippen molar-refractivity contribution in [3.05, 3.63) is 29.8 Å². The molecule has 1 aromatic carbocycles. The molecule has 5 nitrogen and oxygen atoms in total. The molecule has 0 amide bonds. The van der Waals surface area contributed by atoms with Gasteiger partial charge < -0.3 is 0 Å². The minimum atomic E-state index is 0.0235. The fourth-order valence-corrected chi connectivity index (χ4v) is 1.16. The maximum Gasteiger partial charge on any atom is 0.204 e. The zero-order valence-corrected chi connectivity index (χ0v) is 7.56. The molecule has 1 N–H and O–H groups in total. The SMILES string of the molecule is CC(=O)c1cccc(-c2nn[nH]n2)c1. The molecule has 2 rings (SSSR count). The molecule has 0 atom stereocenters.